The number of hydrogen-bond acceptors (Lipinski definition) is 4. The normalized spacial score (nSPS) is 16.9. The first kappa shape index (κ1) is 16.6. The minimum Gasteiger partial charge on any atom is -0.379 e. The third-order valence-corrected chi connectivity index (χ3v) is 5.55. The van der Waals surface area contributed by atoms with Crippen LogP contribution in [0.1, 0.15) is 21.3 Å². The van der Waals surface area contributed by atoms with Crippen molar-refractivity contribution in [2.24, 2.45) is 0 Å². The monoisotopic (exact) mass is 394 g/mol. The standard InChI is InChI=1S/C17H19BrN2O2S/c18-16-7-6-15(23-16)17(21)19-12-14(13-4-2-1-3-5-13)20-8-10-22-11-9-20/h1-7,14H,8-12H2,(H,19,21). The molecule has 2 heterocycles. The van der Waals surface area contributed by atoms with Gasteiger partial charge < -0.3 is 10.1 Å². The molecule has 1 aliphatic heterocycles. The number of carbonyl (C=O) groups is 1. The Labute approximate surface area is 148 Å². The van der Waals surface area contributed by atoms with Crippen molar-refractivity contribution >= 4 is 33.2 Å². The first-order chi connectivity index (χ1) is 11.2. The molecular formula is C17H19BrN2O2S. The Hall–Kier alpha value is -1.21. The van der Waals surface area contributed by atoms with E-state index in [1.165, 1.54) is 16.9 Å². The van der Waals surface area contributed by atoms with E-state index in [9.17, 15) is 4.79 Å². The number of ether oxygens (including phenoxy) is 1. The van der Waals surface area contributed by atoms with E-state index in [2.05, 4.69) is 38.3 Å². The number of amides is 1. The molecule has 0 radical (unpaired) electrons. The maximum Gasteiger partial charge on any atom is 0.261 e. The number of thiophene rings is 1. The van der Waals surface area contributed by atoms with Crippen LogP contribution in [0.25, 0.3) is 0 Å². The summed E-state index contributed by atoms with van der Waals surface area (Å²) in [5.74, 6) is -0.0186. The fourth-order valence-electron chi connectivity index (χ4n) is 2.73. The summed E-state index contributed by atoms with van der Waals surface area (Å²) in [7, 11) is 0. The van der Waals surface area contributed by atoms with Crippen LogP contribution >= 0.6 is 27.3 Å². The van der Waals surface area contributed by atoms with Crippen LogP contribution in [0.4, 0.5) is 0 Å². The van der Waals surface area contributed by atoms with Gasteiger partial charge in [0, 0.05) is 19.6 Å². The summed E-state index contributed by atoms with van der Waals surface area (Å²) in [6, 6.07) is 14.3. The first-order valence-electron chi connectivity index (χ1n) is 7.64. The Kier molecular flexibility index (Phi) is 5.83. The molecule has 1 aromatic carbocycles. The van der Waals surface area contributed by atoms with Gasteiger partial charge in [-0.1, -0.05) is 30.3 Å². The molecule has 1 atom stereocenters. The van der Waals surface area contributed by atoms with E-state index in [1.807, 2.05) is 30.3 Å². The predicted octanol–water partition coefficient (Wildman–Crippen LogP) is 3.31. The molecule has 0 saturated carbocycles. The lowest BCUT2D eigenvalue weighted by molar-refractivity contribution is 0.0162. The van der Waals surface area contributed by atoms with E-state index in [-0.39, 0.29) is 11.9 Å². The molecule has 0 bridgehead atoms. The Bertz CT molecular complexity index is 641. The molecular weight excluding hydrogens is 376 g/mol. The molecule has 3 rings (SSSR count). The lowest BCUT2D eigenvalue weighted by atomic mass is 10.0. The fourth-order valence-corrected chi connectivity index (χ4v) is 4.04. The number of rotatable bonds is 5. The molecule has 4 nitrogen and oxygen atoms in total. The zero-order chi connectivity index (χ0) is 16.1. The smallest absolute Gasteiger partial charge is 0.261 e. The number of carbonyl (C=O) groups excluding carboxylic acids is 1. The van der Waals surface area contributed by atoms with Crippen LogP contribution in [0.3, 0.4) is 0 Å². The highest BCUT2D eigenvalue weighted by Gasteiger charge is 2.23. The highest BCUT2D eigenvalue weighted by molar-refractivity contribution is 9.11. The van der Waals surface area contributed by atoms with Crippen molar-refractivity contribution in [3.63, 3.8) is 0 Å². The quantitative estimate of drug-likeness (QED) is 0.845. The van der Waals surface area contributed by atoms with Crippen LogP contribution in [0.2, 0.25) is 0 Å². The second kappa shape index (κ2) is 8.06. The summed E-state index contributed by atoms with van der Waals surface area (Å²) in [5.41, 5.74) is 1.22. The second-order valence-electron chi connectivity index (χ2n) is 5.39. The molecule has 1 unspecified atom stereocenters. The molecule has 122 valence electrons. The van der Waals surface area contributed by atoms with Crippen LogP contribution < -0.4 is 5.32 Å². The van der Waals surface area contributed by atoms with Crippen molar-refractivity contribution in [2.75, 3.05) is 32.8 Å². The molecule has 0 spiro atoms. The summed E-state index contributed by atoms with van der Waals surface area (Å²) < 4.78 is 6.42. The van der Waals surface area contributed by atoms with Crippen molar-refractivity contribution in [3.8, 4) is 0 Å². The summed E-state index contributed by atoms with van der Waals surface area (Å²) >= 11 is 4.85. The van der Waals surface area contributed by atoms with Gasteiger partial charge in [-0.05, 0) is 33.6 Å². The van der Waals surface area contributed by atoms with Crippen molar-refractivity contribution in [3.05, 3.63) is 56.7 Å². The highest BCUT2D eigenvalue weighted by atomic mass is 79.9. The summed E-state index contributed by atoms with van der Waals surface area (Å²) in [6.07, 6.45) is 0. The number of halogens is 1. The van der Waals surface area contributed by atoms with E-state index in [0.717, 1.165) is 35.0 Å². The highest BCUT2D eigenvalue weighted by Crippen LogP contribution is 2.23. The topological polar surface area (TPSA) is 41.6 Å². The van der Waals surface area contributed by atoms with E-state index < -0.39 is 0 Å². The van der Waals surface area contributed by atoms with Gasteiger partial charge in [0.05, 0.1) is 27.9 Å². The van der Waals surface area contributed by atoms with Crippen LogP contribution in [0.15, 0.2) is 46.3 Å². The largest absolute Gasteiger partial charge is 0.379 e. The number of benzene rings is 1. The first-order valence-corrected chi connectivity index (χ1v) is 9.25. The molecule has 23 heavy (non-hydrogen) atoms. The van der Waals surface area contributed by atoms with Crippen molar-refractivity contribution in [2.45, 2.75) is 6.04 Å². The van der Waals surface area contributed by atoms with Crippen molar-refractivity contribution in [1.29, 1.82) is 0 Å². The van der Waals surface area contributed by atoms with Crippen molar-refractivity contribution < 1.29 is 9.53 Å². The van der Waals surface area contributed by atoms with Gasteiger partial charge in [0.25, 0.3) is 5.91 Å². The van der Waals surface area contributed by atoms with Gasteiger partial charge >= 0.3 is 0 Å². The molecule has 1 aromatic heterocycles. The van der Waals surface area contributed by atoms with Crippen LogP contribution in [-0.4, -0.2) is 43.7 Å². The van der Waals surface area contributed by atoms with Gasteiger partial charge in [0.2, 0.25) is 0 Å². The van der Waals surface area contributed by atoms with Crippen LogP contribution in [-0.2, 0) is 4.74 Å². The van der Waals surface area contributed by atoms with E-state index in [4.69, 9.17) is 4.74 Å². The molecule has 1 amide bonds. The summed E-state index contributed by atoms with van der Waals surface area (Å²) in [4.78, 5) is 15.4. The molecule has 0 aliphatic carbocycles. The average Bonchev–Trinajstić information content (AvgIpc) is 3.03. The average molecular weight is 395 g/mol. The Morgan fingerprint density at radius 1 is 1.22 bits per heavy atom. The SMILES string of the molecule is O=C(NCC(c1ccccc1)N1CCOCC1)c1ccc(Br)s1. The van der Waals surface area contributed by atoms with Gasteiger partial charge in [-0.25, -0.2) is 0 Å². The number of nitrogens with zero attached hydrogens (tertiary/aromatic N) is 1. The van der Waals surface area contributed by atoms with Crippen LogP contribution in [0.5, 0.6) is 0 Å². The summed E-state index contributed by atoms with van der Waals surface area (Å²) in [5, 5.41) is 3.08. The number of morpholine rings is 1. The number of nitrogens with one attached hydrogen (secondary N) is 1. The van der Waals surface area contributed by atoms with Gasteiger partial charge in [-0.15, -0.1) is 11.3 Å². The molecule has 1 fully saturated rings. The Morgan fingerprint density at radius 2 is 1.96 bits per heavy atom. The molecule has 6 heteroatoms. The Balaban J connectivity index is 1.69. The van der Waals surface area contributed by atoms with Gasteiger partial charge in [-0.2, -0.15) is 0 Å². The maximum absolute atomic E-state index is 12.3. The van der Waals surface area contributed by atoms with E-state index in [0.29, 0.717) is 6.54 Å². The minimum atomic E-state index is -0.0186. The van der Waals surface area contributed by atoms with Gasteiger partial charge in [-0.3, -0.25) is 9.69 Å². The lowest BCUT2D eigenvalue weighted by Gasteiger charge is -2.34. The molecule has 2 aromatic rings. The van der Waals surface area contributed by atoms with E-state index in [1.54, 1.807) is 0 Å². The van der Waals surface area contributed by atoms with Gasteiger partial charge in [0.1, 0.15) is 0 Å². The van der Waals surface area contributed by atoms with E-state index >= 15 is 0 Å². The molecule has 1 aliphatic rings. The predicted molar refractivity (Wildman–Crippen MR) is 95.9 cm³/mol. The second-order valence-corrected chi connectivity index (χ2v) is 7.85. The zero-order valence-corrected chi connectivity index (χ0v) is 15.1. The summed E-state index contributed by atoms with van der Waals surface area (Å²) in [6.45, 7) is 3.86. The molecule has 1 N–H and O–H groups in total. The van der Waals surface area contributed by atoms with Crippen molar-refractivity contribution in [1.82, 2.24) is 10.2 Å². The maximum atomic E-state index is 12.3. The van der Waals surface area contributed by atoms with Crippen LogP contribution in [0, 0.1) is 0 Å². The van der Waals surface area contributed by atoms with Gasteiger partial charge in [0.15, 0.2) is 0 Å². The third kappa shape index (κ3) is 4.41. The zero-order valence-electron chi connectivity index (χ0n) is 12.7. The third-order valence-electron chi connectivity index (χ3n) is 3.92. The Morgan fingerprint density at radius 3 is 2.61 bits per heavy atom. The minimum absolute atomic E-state index is 0.0186. The molecule has 1 saturated heterocycles. The lowest BCUT2D eigenvalue weighted by Crippen LogP contribution is -2.43. The fraction of sp³-hybridized carbons (Fsp3) is 0.353. The number of hydrogen-bond donors (Lipinski definition) is 1.